The van der Waals surface area contributed by atoms with Crippen LogP contribution in [-0.2, 0) is 0 Å². The predicted octanol–water partition coefficient (Wildman–Crippen LogP) is 4.82. The van der Waals surface area contributed by atoms with E-state index in [9.17, 15) is 0 Å². The SMILES string of the molecule is Clc1cccc(-c2nnc(-c3cccc(Br)c3)o2)c1. The molecule has 19 heavy (non-hydrogen) atoms. The maximum atomic E-state index is 5.94. The van der Waals surface area contributed by atoms with Gasteiger partial charge in [-0.2, -0.15) is 0 Å². The zero-order valence-corrected chi connectivity index (χ0v) is 12.0. The summed E-state index contributed by atoms with van der Waals surface area (Å²) in [5, 5.41) is 8.73. The van der Waals surface area contributed by atoms with E-state index in [2.05, 4.69) is 26.1 Å². The summed E-state index contributed by atoms with van der Waals surface area (Å²) in [4.78, 5) is 0. The van der Waals surface area contributed by atoms with E-state index in [-0.39, 0.29) is 0 Å². The van der Waals surface area contributed by atoms with Crippen molar-refractivity contribution in [2.75, 3.05) is 0 Å². The van der Waals surface area contributed by atoms with Gasteiger partial charge in [-0.1, -0.05) is 39.7 Å². The van der Waals surface area contributed by atoms with Crippen LogP contribution in [0, 0.1) is 0 Å². The fourth-order valence-electron chi connectivity index (χ4n) is 1.70. The molecule has 0 spiro atoms. The molecule has 0 bridgehead atoms. The molecule has 0 aliphatic rings. The van der Waals surface area contributed by atoms with Gasteiger partial charge in [-0.25, -0.2) is 0 Å². The quantitative estimate of drug-likeness (QED) is 0.674. The molecule has 0 fully saturated rings. The molecule has 3 rings (SSSR count). The Morgan fingerprint density at radius 1 is 0.895 bits per heavy atom. The van der Waals surface area contributed by atoms with E-state index in [0.29, 0.717) is 16.8 Å². The van der Waals surface area contributed by atoms with Crippen molar-refractivity contribution in [3.8, 4) is 22.9 Å². The lowest BCUT2D eigenvalue weighted by Crippen LogP contribution is -1.77. The molecule has 3 aromatic rings. The van der Waals surface area contributed by atoms with Crippen molar-refractivity contribution in [3.63, 3.8) is 0 Å². The number of benzene rings is 2. The Hall–Kier alpha value is -1.65. The van der Waals surface area contributed by atoms with Crippen molar-refractivity contribution in [3.05, 3.63) is 58.0 Å². The molecule has 3 nitrogen and oxygen atoms in total. The molecule has 2 aromatic carbocycles. The van der Waals surface area contributed by atoms with Crippen molar-refractivity contribution in [1.29, 1.82) is 0 Å². The number of rotatable bonds is 2. The van der Waals surface area contributed by atoms with Crippen LogP contribution in [0.4, 0.5) is 0 Å². The molecule has 1 aromatic heterocycles. The van der Waals surface area contributed by atoms with Gasteiger partial charge in [-0.05, 0) is 36.4 Å². The van der Waals surface area contributed by atoms with Gasteiger partial charge in [-0.3, -0.25) is 0 Å². The van der Waals surface area contributed by atoms with Gasteiger partial charge in [0.15, 0.2) is 0 Å². The Labute approximate surface area is 123 Å². The van der Waals surface area contributed by atoms with Crippen LogP contribution in [0.3, 0.4) is 0 Å². The molecule has 0 aliphatic carbocycles. The van der Waals surface area contributed by atoms with E-state index in [0.717, 1.165) is 15.6 Å². The van der Waals surface area contributed by atoms with Crippen molar-refractivity contribution in [1.82, 2.24) is 10.2 Å². The van der Waals surface area contributed by atoms with Gasteiger partial charge < -0.3 is 4.42 Å². The Morgan fingerprint density at radius 2 is 1.53 bits per heavy atom. The Balaban J connectivity index is 2.00. The maximum absolute atomic E-state index is 5.94. The number of nitrogens with zero attached hydrogens (tertiary/aromatic N) is 2. The third-order valence-electron chi connectivity index (χ3n) is 2.57. The number of hydrogen-bond donors (Lipinski definition) is 0. The van der Waals surface area contributed by atoms with Gasteiger partial charge >= 0.3 is 0 Å². The summed E-state index contributed by atoms with van der Waals surface area (Å²) in [6.07, 6.45) is 0. The zero-order valence-electron chi connectivity index (χ0n) is 9.68. The second kappa shape index (κ2) is 5.15. The summed E-state index contributed by atoms with van der Waals surface area (Å²) in [5.41, 5.74) is 1.68. The normalized spacial score (nSPS) is 10.6. The van der Waals surface area contributed by atoms with E-state index < -0.39 is 0 Å². The largest absolute Gasteiger partial charge is 0.416 e. The molecule has 5 heteroatoms. The summed E-state index contributed by atoms with van der Waals surface area (Å²) >= 11 is 9.36. The van der Waals surface area contributed by atoms with E-state index >= 15 is 0 Å². The average Bonchev–Trinajstić information content (AvgIpc) is 2.88. The summed E-state index contributed by atoms with van der Waals surface area (Å²) in [6, 6.07) is 15.0. The minimum atomic E-state index is 0.456. The Kier molecular flexibility index (Phi) is 3.36. The van der Waals surface area contributed by atoms with E-state index in [1.165, 1.54) is 0 Å². The smallest absolute Gasteiger partial charge is 0.248 e. The van der Waals surface area contributed by atoms with Gasteiger partial charge in [0.25, 0.3) is 0 Å². The van der Waals surface area contributed by atoms with Gasteiger partial charge in [0.05, 0.1) is 0 Å². The van der Waals surface area contributed by atoms with Gasteiger partial charge in [-0.15, -0.1) is 10.2 Å². The van der Waals surface area contributed by atoms with E-state index in [1.54, 1.807) is 12.1 Å². The molecule has 1 heterocycles. The predicted molar refractivity (Wildman–Crippen MR) is 77.9 cm³/mol. The Bertz CT molecular complexity index is 667. The first-order valence-corrected chi connectivity index (χ1v) is 6.75. The molecule has 0 unspecified atom stereocenters. The molecule has 0 N–H and O–H groups in total. The van der Waals surface area contributed by atoms with Gasteiger partial charge in [0.1, 0.15) is 0 Å². The summed E-state index contributed by atoms with van der Waals surface area (Å²) in [5.74, 6) is 0.939. The lowest BCUT2D eigenvalue weighted by atomic mass is 10.2. The van der Waals surface area contributed by atoms with Crippen LogP contribution in [0.1, 0.15) is 0 Å². The average molecular weight is 336 g/mol. The monoisotopic (exact) mass is 334 g/mol. The second-order valence-electron chi connectivity index (χ2n) is 3.93. The van der Waals surface area contributed by atoms with Crippen LogP contribution in [0.15, 0.2) is 57.4 Å². The van der Waals surface area contributed by atoms with Crippen LogP contribution < -0.4 is 0 Å². The van der Waals surface area contributed by atoms with Crippen LogP contribution >= 0.6 is 27.5 Å². The molecule has 0 amide bonds. The lowest BCUT2D eigenvalue weighted by Gasteiger charge is -1.96. The number of hydrogen-bond acceptors (Lipinski definition) is 3. The van der Waals surface area contributed by atoms with Crippen LogP contribution in [0.25, 0.3) is 22.9 Å². The van der Waals surface area contributed by atoms with Gasteiger partial charge in [0.2, 0.25) is 11.8 Å². The highest BCUT2D eigenvalue weighted by Gasteiger charge is 2.10. The molecular formula is C14H8BrClN2O. The van der Waals surface area contributed by atoms with Crippen molar-refractivity contribution < 1.29 is 4.42 Å². The lowest BCUT2D eigenvalue weighted by molar-refractivity contribution is 0.584. The number of aromatic nitrogens is 2. The van der Waals surface area contributed by atoms with Crippen molar-refractivity contribution in [2.24, 2.45) is 0 Å². The van der Waals surface area contributed by atoms with Crippen molar-refractivity contribution >= 4 is 27.5 Å². The topological polar surface area (TPSA) is 38.9 Å². The zero-order chi connectivity index (χ0) is 13.2. The first-order chi connectivity index (χ1) is 9.22. The number of halogens is 2. The molecule has 0 atom stereocenters. The highest BCUT2D eigenvalue weighted by Crippen LogP contribution is 2.26. The molecule has 0 saturated carbocycles. The first-order valence-electron chi connectivity index (χ1n) is 5.58. The van der Waals surface area contributed by atoms with Crippen LogP contribution in [0.5, 0.6) is 0 Å². The molecule has 0 saturated heterocycles. The second-order valence-corrected chi connectivity index (χ2v) is 5.29. The Morgan fingerprint density at radius 3 is 2.16 bits per heavy atom. The van der Waals surface area contributed by atoms with E-state index in [1.807, 2.05) is 36.4 Å². The molecule has 0 radical (unpaired) electrons. The summed E-state index contributed by atoms with van der Waals surface area (Å²) < 4.78 is 6.63. The van der Waals surface area contributed by atoms with Crippen molar-refractivity contribution in [2.45, 2.75) is 0 Å². The van der Waals surface area contributed by atoms with Crippen LogP contribution in [-0.4, -0.2) is 10.2 Å². The third kappa shape index (κ3) is 2.69. The fraction of sp³-hybridized carbons (Fsp3) is 0. The molecule has 0 aliphatic heterocycles. The first kappa shape index (κ1) is 12.4. The third-order valence-corrected chi connectivity index (χ3v) is 3.30. The minimum Gasteiger partial charge on any atom is -0.416 e. The highest BCUT2D eigenvalue weighted by molar-refractivity contribution is 9.10. The molecule has 94 valence electrons. The maximum Gasteiger partial charge on any atom is 0.248 e. The fourth-order valence-corrected chi connectivity index (χ4v) is 2.29. The minimum absolute atomic E-state index is 0.456. The highest BCUT2D eigenvalue weighted by atomic mass is 79.9. The van der Waals surface area contributed by atoms with E-state index in [4.69, 9.17) is 16.0 Å². The summed E-state index contributed by atoms with van der Waals surface area (Å²) in [6.45, 7) is 0. The summed E-state index contributed by atoms with van der Waals surface area (Å²) in [7, 11) is 0. The standard InChI is InChI=1S/C14H8BrClN2O/c15-11-5-1-3-9(7-11)13-17-18-14(19-13)10-4-2-6-12(16)8-10/h1-8H. The van der Waals surface area contributed by atoms with Gasteiger partial charge in [0, 0.05) is 20.6 Å². The van der Waals surface area contributed by atoms with Crippen LogP contribution in [0.2, 0.25) is 5.02 Å². The molecular weight excluding hydrogens is 328 g/mol.